The average molecular weight is 449 g/mol. The first kappa shape index (κ1) is 21.6. The van der Waals surface area contributed by atoms with Gasteiger partial charge in [-0.15, -0.1) is 0 Å². The van der Waals surface area contributed by atoms with E-state index >= 15 is 0 Å². The molecule has 0 unspecified atom stereocenters. The molecule has 3 aromatic rings. The SMILES string of the molecule is Cc1cc(CN2CCN(c3nc4ccc(C(F)(F)F)cc4s3)CC2)cc(OCC=O)c1. The molecule has 1 aliphatic rings. The summed E-state index contributed by atoms with van der Waals surface area (Å²) in [4.78, 5) is 19.5. The number of halogens is 3. The van der Waals surface area contributed by atoms with E-state index in [-0.39, 0.29) is 6.61 Å². The molecule has 4 rings (SSSR count). The molecule has 0 spiro atoms. The minimum Gasteiger partial charge on any atom is -0.486 e. The third-order valence-electron chi connectivity index (χ3n) is 5.18. The van der Waals surface area contributed by atoms with Gasteiger partial charge < -0.3 is 9.64 Å². The molecule has 0 bridgehead atoms. The quantitative estimate of drug-likeness (QED) is 0.518. The molecule has 0 atom stereocenters. The Hall–Kier alpha value is -2.65. The Bertz CT molecular complexity index is 1080. The molecule has 1 aliphatic heterocycles. The smallest absolute Gasteiger partial charge is 0.416 e. The number of anilines is 1. The normalized spacial score (nSPS) is 15.4. The van der Waals surface area contributed by atoms with Crippen LogP contribution in [0.4, 0.5) is 18.3 Å². The van der Waals surface area contributed by atoms with Crippen LogP contribution in [-0.2, 0) is 17.5 Å². The molecule has 1 aromatic heterocycles. The number of hydrogen-bond donors (Lipinski definition) is 0. The summed E-state index contributed by atoms with van der Waals surface area (Å²) in [5, 5.41) is 0.758. The summed E-state index contributed by atoms with van der Waals surface area (Å²) in [6, 6.07) is 9.66. The number of piperazine rings is 1. The molecule has 0 N–H and O–H groups in total. The zero-order chi connectivity index (χ0) is 22.0. The summed E-state index contributed by atoms with van der Waals surface area (Å²) in [5.74, 6) is 0.688. The van der Waals surface area contributed by atoms with Gasteiger partial charge in [0.05, 0.1) is 15.8 Å². The Morgan fingerprint density at radius 3 is 2.61 bits per heavy atom. The van der Waals surface area contributed by atoms with E-state index in [2.05, 4.69) is 20.9 Å². The third kappa shape index (κ3) is 5.16. The molecule has 2 aromatic carbocycles. The van der Waals surface area contributed by atoms with Crippen LogP contribution in [0.5, 0.6) is 5.75 Å². The lowest BCUT2D eigenvalue weighted by atomic mass is 10.1. The zero-order valence-electron chi connectivity index (χ0n) is 17.0. The van der Waals surface area contributed by atoms with Gasteiger partial charge >= 0.3 is 6.18 Å². The lowest BCUT2D eigenvalue weighted by Gasteiger charge is -2.34. The molecule has 0 radical (unpaired) electrons. The fourth-order valence-electron chi connectivity index (χ4n) is 3.71. The van der Waals surface area contributed by atoms with E-state index < -0.39 is 11.7 Å². The Kier molecular flexibility index (Phi) is 6.15. The number of aromatic nitrogens is 1. The molecule has 2 heterocycles. The monoisotopic (exact) mass is 449 g/mol. The van der Waals surface area contributed by atoms with E-state index in [1.165, 1.54) is 23.5 Å². The van der Waals surface area contributed by atoms with Crippen molar-refractivity contribution >= 4 is 33.0 Å². The topological polar surface area (TPSA) is 45.7 Å². The number of aryl methyl sites for hydroxylation is 1. The molecule has 31 heavy (non-hydrogen) atoms. The van der Waals surface area contributed by atoms with Crippen LogP contribution in [0.3, 0.4) is 0 Å². The van der Waals surface area contributed by atoms with E-state index in [4.69, 9.17) is 4.74 Å². The van der Waals surface area contributed by atoms with Crippen molar-refractivity contribution < 1.29 is 22.7 Å². The van der Waals surface area contributed by atoms with Crippen molar-refractivity contribution in [3.05, 3.63) is 53.1 Å². The number of rotatable bonds is 6. The zero-order valence-corrected chi connectivity index (χ0v) is 17.8. The summed E-state index contributed by atoms with van der Waals surface area (Å²) in [6.45, 7) is 5.95. The highest BCUT2D eigenvalue weighted by Gasteiger charge is 2.31. The highest BCUT2D eigenvalue weighted by Crippen LogP contribution is 2.35. The van der Waals surface area contributed by atoms with Crippen molar-refractivity contribution in [3.8, 4) is 5.75 Å². The number of aldehydes is 1. The maximum atomic E-state index is 13.0. The van der Waals surface area contributed by atoms with Crippen molar-refractivity contribution in [2.75, 3.05) is 37.7 Å². The van der Waals surface area contributed by atoms with Gasteiger partial charge in [-0.3, -0.25) is 9.69 Å². The second-order valence-electron chi connectivity index (χ2n) is 7.57. The number of fused-ring (bicyclic) bond motifs is 1. The minimum atomic E-state index is -4.35. The molecule has 9 heteroatoms. The van der Waals surface area contributed by atoms with Gasteiger partial charge in [0.2, 0.25) is 0 Å². The number of thiazole rings is 1. The van der Waals surface area contributed by atoms with Crippen LogP contribution in [-0.4, -0.2) is 49.0 Å². The van der Waals surface area contributed by atoms with E-state index in [9.17, 15) is 18.0 Å². The highest BCUT2D eigenvalue weighted by atomic mass is 32.1. The van der Waals surface area contributed by atoms with Gasteiger partial charge in [-0.2, -0.15) is 13.2 Å². The van der Waals surface area contributed by atoms with Crippen LogP contribution >= 0.6 is 11.3 Å². The van der Waals surface area contributed by atoms with Crippen molar-refractivity contribution in [3.63, 3.8) is 0 Å². The van der Waals surface area contributed by atoms with Crippen LogP contribution in [0.15, 0.2) is 36.4 Å². The molecule has 0 saturated carbocycles. The van der Waals surface area contributed by atoms with Crippen LogP contribution < -0.4 is 9.64 Å². The molecule has 0 aliphatic carbocycles. The minimum absolute atomic E-state index is 0.0359. The van der Waals surface area contributed by atoms with E-state index in [1.54, 1.807) is 0 Å². The summed E-state index contributed by atoms with van der Waals surface area (Å²) < 4.78 is 44.8. The van der Waals surface area contributed by atoms with Crippen molar-refractivity contribution in [2.24, 2.45) is 0 Å². The van der Waals surface area contributed by atoms with Crippen molar-refractivity contribution in [1.82, 2.24) is 9.88 Å². The van der Waals surface area contributed by atoms with Gasteiger partial charge in [0, 0.05) is 32.7 Å². The number of alkyl halides is 3. The highest BCUT2D eigenvalue weighted by molar-refractivity contribution is 7.22. The summed E-state index contributed by atoms with van der Waals surface area (Å²) in [7, 11) is 0. The average Bonchev–Trinajstić information content (AvgIpc) is 3.15. The van der Waals surface area contributed by atoms with E-state index in [1.807, 2.05) is 19.1 Å². The number of hydrogen-bond acceptors (Lipinski definition) is 6. The van der Waals surface area contributed by atoms with Gasteiger partial charge in [0.15, 0.2) is 11.4 Å². The van der Waals surface area contributed by atoms with Crippen molar-refractivity contribution in [2.45, 2.75) is 19.6 Å². The maximum Gasteiger partial charge on any atom is 0.416 e. The van der Waals surface area contributed by atoms with Crippen LogP contribution in [0.25, 0.3) is 10.2 Å². The molecule has 5 nitrogen and oxygen atoms in total. The Balaban J connectivity index is 1.40. The summed E-state index contributed by atoms with van der Waals surface area (Å²) in [5.41, 5.74) is 2.14. The van der Waals surface area contributed by atoms with E-state index in [0.717, 1.165) is 61.3 Å². The van der Waals surface area contributed by atoms with Crippen molar-refractivity contribution in [1.29, 1.82) is 0 Å². The fourth-order valence-corrected chi connectivity index (χ4v) is 4.77. The first-order chi connectivity index (χ1) is 14.8. The number of carbonyl (C=O) groups is 1. The standard InChI is InChI=1S/C22H22F3N3O2S/c1-15-10-16(12-18(11-15)30-9-8-29)14-27-4-6-28(7-5-27)21-26-19-3-2-17(22(23,24)25)13-20(19)31-21/h2-3,8,10-13H,4-7,9,14H2,1H3. The van der Waals surface area contributed by atoms with Gasteiger partial charge in [-0.05, 0) is 48.4 Å². The number of benzene rings is 2. The first-order valence-corrected chi connectivity index (χ1v) is 10.8. The molecule has 1 saturated heterocycles. The summed E-state index contributed by atoms with van der Waals surface area (Å²) >= 11 is 1.30. The predicted molar refractivity (Wildman–Crippen MR) is 115 cm³/mol. The maximum absolute atomic E-state index is 13.0. The van der Waals surface area contributed by atoms with Gasteiger partial charge in [0.1, 0.15) is 12.4 Å². The van der Waals surface area contributed by atoms with Crippen LogP contribution in [0.2, 0.25) is 0 Å². The van der Waals surface area contributed by atoms with Gasteiger partial charge in [0.25, 0.3) is 0 Å². The third-order valence-corrected chi connectivity index (χ3v) is 6.26. The predicted octanol–water partition coefficient (Wildman–Crippen LogP) is 4.52. The second-order valence-corrected chi connectivity index (χ2v) is 8.58. The second kappa shape index (κ2) is 8.84. The first-order valence-electron chi connectivity index (χ1n) is 9.94. The molecular weight excluding hydrogens is 427 g/mol. The Labute approximate surface area is 182 Å². The molecule has 0 amide bonds. The van der Waals surface area contributed by atoms with Crippen LogP contribution in [0.1, 0.15) is 16.7 Å². The number of nitrogens with zero attached hydrogens (tertiary/aromatic N) is 3. The molecule has 1 fully saturated rings. The fraction of sp³-hybridized carbons (Fsp3) is 0.364. The van der Waals surface area contributed by atoms with Gasteiger partial charge in [-0.25, -0.2) is 4.98 Å². The number of carbonyl (C=O) groups excluding carboxylic acids is 1. The lowest BCUT2D eigenvalue weighted by Crippen LogP contribution is -2.45. The summed E-state index contributed by atoms with van der Waals surface area (Å²) in [6.07, 6.45) is -3.62. The van der Waals surface area contributed by atoms with Crippen LogP contribution in [0, 0.1) is 6.92 Å². The largest absolute Gasteiger partial charge is 0.486 e. The lowest BCUT2D eigenvalue weighted by molar-refractivity contribution is -0.137. The molecular formula is C22H22F3N3O2S. The Morgan fingerprint density at radius 2 is 1.90 bits per heavy atom. The van der Waals surface area contributed by atoms with Gasteiger partial charge in [-0.1, -0.05) is 17.4 Å². The number of ether oxygens (including phenoxy) is 1. The molecule has 164 valence electrons. The van der Waals surface area contributed by atoms with E-state index in [0.29, 0.717) is 16.0 Å². The Morgan fingerprint density at radius 1 is 1.13 bits per heavy atom.